The SMILES string of the molecule is CCOC(=O)[C@@H]1CC2(CCN(c3cc(O[C@H](c4ccc(Cl)cc4-c4cccc(S(N)(=O)=O)c4)C(F)(F)F)nc(N)n3)CC2)CN1. The lowest BCUT2D eigenvalue weighted by Gasteiger charge is -2.39. The second-order valence-electron chi connectivity index (χ2n) is 11.1. The maximum atomic E-state index is 14.6. The number of halogens is 4. The molecule has 16 heteroatoms. The van der Waals surface area contributed by atoms with Gasteiger partial charge in [-0.05, 0) is 67.0 Å². The van der Waals surface area contributed by atoms with Crippen molar-refractivity contribution in [1.29, 1.82) is 0 Å². The number of primary sulfonamides is 1. The van der Waals surface area contributed by atoms with Crippen molar-refractivity contribution < 1.29 is 35.9 Å². The van der Waals surface area contributed by atoms with Gasteiger partial charge in [-0.3, -0.25) is 4.79 Å². The minimum Gasteiger partial charge on any atom is -0.465 e. The molecule has 3 aromatic rings. The molecular formula is C29H32ClF3N6O5S. The number of piperidine rings is 1. The van der Waals surface area contributed by atoms with E-state index in [0.717, 1.165) is 12.1 Å². The number of carbonyl (C=O) groups is 1. The summed E-state index contributed by atoms with van der Waals surface area (Å²) < 4.78 is 78.4. The molecule has 0 saturated carbocycles. The van der Waals surface area contributed by atoms with Gasteiger partial charge < -0.3 is 25.4 Å². The van der Waals surface area contributed by atoms with E-state index in [0.29, 0.717) is 51.3 Å². The molecule has 2 atom stereocenters. The van der Waals surface area contributed by atoms with E-state index in [1.165, 1.54) is 36.4 Å². The Balaban J connectivity index is 1.40. The van der Waals surface area contributed by atoms with E-state index in [1.807, 2.05) is 4.90 Å². The molecular weight excluding hydrogens is 637 g/mol. The molecule has 5 rings (SSSR count). The van der Waals surface area contributed by atoms with E-state index < -0.39 is 28.2 Å². The first-order valence-corrected chi connectivity index (χ1v) is 16.1. The van der Waals surface area contributed by atoms with Crippen molar-refractivity contribution in [2.24, 2.45) is 10.6 Å². The van der Waals surface area contributed by atoms with Crippen LogP contribution in [0.1, 0.15) is 37.9 Å². The number of nitrogens with two attached hydrogens (primary N) is 2. The van der Waals surface area contributed by atoms with Crippen molar-refractivity contribution in [3.8, 4) is 17.0 Å². The summed E-state index contributed by atoms with van der Waals surface area (Å²) in [6.07, 6.45) is -5.39. The lowest BCUT2D eigenvalue weighted by molar-refractivity contribution is -0.198. The Bertz CT molecular complexity index is 1690. The molecule has 2 aliphatic heterocycles. The third-order valence-electron chi connectivity index (χ3n) is 8.09. The van der Waals surface area contributed by atoms with Gasteiger partial charge in [0.05, 0.1) is 11.5 Å². The van der Waals surface area contributed by atoms with Crippen LogP contribution in [0.15, 0.2) is 53.4 Å². The Kier molecular flexibility index (Phi) is 9.18. The van der Waals surface area contributed by atoms with Gasteiger partial charge in [-0.2, -0.15) is 23.1 Å². The van der Waals surface area contributed by atoms with Crippen LogP contribution in [0.2, 0.25) is 5.02 Å². The molecule has 3 heterocycles. The Morgan fingerprint density at radius 2 is 1.91 bits per heavy atom. The molecule has 5 N–H and O–H groups in total. The fraction of sp³-hybridized carbons (Fsp3) is 0.414. The lowest BCUT2D eigenvalue weighted by atomic mass is 9.76. The van der Waals surface area contributed by atoms with Crippen LogP contribution in [0.4, 0.5) is 24.9 Å². The van der Waals surface area contributed by atoms with Crippen LogP contribution >= 0.6 is 11.6 Å². The molecule has 0 aliphatic carbocycles. The predicted molar refractivity (Wildman–Crippen MR) is 161 cm³/mol. The first-order valence-electron chi connectivity index (χ1n) is 14.1. The van der Waals surface area contributed by atoms with Crippen molar-refractivity contribution >= 4 is 39.4 Å². The number of benzene rings is 2. The van der Waals surface area contributed by atoms with E-state index in [2.05, 4.69) is 15.3 Å². The summed E-state index contributed by atoms with van der Waals surface area (Å²) in [6, 6.07) is 9.86. The highest BCUT2D eigenvalue weighted by molar-refractivity contribution is 7.89. The molecule has 2 aromatic carbocycles. The van der Waals surface area contributed by atoms with E-state index in [-0.39, 0.29) is 50.0 Å². The molecule has 0 bridgehead atoms. The van der Waals surface area contributed by atoms with Crippen molar-refractivity contribution in [3.05, 3.63) is 59.1 Å². The van der Waals surface area contributed by atoms with E-state index in [4.69, 9.17) is 31.9 Å². The van der Waals surface area contributed by atoms with Gasteiger partial charge in [-0.1, -0.05) is 29.8 Å². The van der Waals surface area contributed by atoms with E-state index in [1.54, 1.807) is 6.92 Å². The largest absolute Gasteiger partial charge is 0.465 e. The number of nitrogens with one attached hydrogen (secondary N) is 1. The summed E-state index contributed by atoms with van der Waals surface area (Å²) in [5.41, 5.74) is 5.61. The third-order valence-corrected chi connectivity index (χ3v) is 9.24. The molecule has 2 fully saturated rings. The topological polar surface area (TPSA) is 163 Å². The predicted octanol–water partition coefficient (Wildman–Crippen LogP) is 4.22. The zero-order valence-electron chi connectivity index (χ0n) is 24.2. The molecule has 11 nitrogen and oxygen atoms in total. The van der Waals surface area contributed by atoms with Crippen LogP contribution in [0.3, 0.4) is 0 Å². The summed E-state index contributed by atoms with van der Waals surface area (Å²) in [7, 11) is -4.14. The smallest absolute Gasteiger partial charge is 0.429 e. The first-order chi connectivity index (χ1) is 21.2. The Morgan fingerprint density at radius 1 is 1.18 bits per heavy atom. The third kappa shape index (κ3) is 7.43. The van der Waals surface area contributed by atoms with Gasteiger partial charge in [0.25, 0.3) is 0 Å². The standard InChI is InChI=1S/C29H32ClF3N6O5S/c1-2-43-26(40)22-15-28(16-36-22)8-10-39(11-9-28)23-14-24(38-27(34)37-23)44-25(29(31,32)33)20-7-6-18(30)13-21(20)17-4-3-5-19(12-17)45(35,41)42/h3-7,12-14,22,25,36H,2,8-11,15-16H2,1H3,(H2,34,37,38)(H2,35,41,42)/t22-,25+/m0/s1. The number of anilines is 2. The lowest BCUT2D eigenvalue weighted by Crippen LogP contribution is -2.41. The molecule has 0 radical (unpaired) electrons. The van der Waals surface area contributed by atoms with Crippen molar-refractivity contribution in [2.75, 3.05) is 36.9 Å². The highest BCUT2D eigenvalue weighted by atomic mass is 35.5. The monoisotopic (exact) mass is 668 g/mol. The van der Waals surface area contributed by atoms with E-state index in [9.17, 15) is 26.4 Å². The first kappa shape index (κ1) is 32.7. The van der Waals surface area contributed by atoms with Crippen LogP contribution in [-0.2, 0) is 19.6 Å². The van der Waals surface area contributed by atoms with Gasteiger partial charge in [-0.25, -0.2) is 13.6 Å². The van der Waals surface area contributed by atoms with Crippen molar-refractivity contribution in [3.63, 3.8) is 0 Å². The Morgan fingerprint density at radius 3 is 2.58 bits per heavy atom. The summed E-state index contributed by atoms with van der Waals surface area (Å²) in [6.45, 7) is 3.77. The van der Waals surface area contributed by atoms with Crippen LogP contribution in [0, 0.1) is 5.41 Å². The number of carbonyl (C=O) groups excluding carboxylic acids is 1. The molecule has 45 heavy (non-hydrogen) atoms. The quantitative estimate of drug-likeness (QED) is 0.296. The maximum absolute atomic E-state index is 14.6. The number of esters is 1. The van der Waals surface area contributed by atoms with Crippen LogP contribution < -0.4 is 25.8 Å². The fourth-order valence-corrected chi connectivity index (χ4v) is 6.58. The number of hydrogen-bond donors (Lipinski definition) is 3. The minimum absolute atomic E-state index is 0.00907. The average Bonchev–Trinajstić information content (AvgIpc) is 3.39. The summed E-state index contributed by atoms with van der Waals surface area (Å²) >= 11 is 6.15. The summed E-state index contributed by atoms with van der Waals surface area (Å²) in [5, 5.41) is 8.62. The van der Waals surface area contributed by atoms with Crippen LogP contribution in [0.25, 0.3) is 11.1 Å². The minimum atomic E-state index is -4.93. The van der Waals surface area contributed by atoms with Gasteiger partial charge in [0, 0.05) is 36.3 Å². The number of aromatic nitrogens is 2. The summed E-state index contributed by atoms with van der Waals surface area (Å²) in [5.74, 6) is -0.643. The van der Waals surface area contributed by atoms with Crippen LogP contribution in [0.5, 0.6) is 5.88 Å². The van der Waals surface area contributed by atoms with Gasteiger partial charge >= 0.3 is 12.1 Å². The van der Waals surface area contributed by atoms with Gasteiger partial charge in [-0.15, -0.1) is 0 Å². The molecule has 1 spiro atoms. The van der Waals surface area contributed by atoms with Gasteiger partial charge in [0.1, 0.15) is 11.9 Å². The summed E-state index contributed by atoms with van der Waals surface area (Å²) in [4.78, 5) is 22.0. The Hall–Kier alpha value is -3.66. The average molecular weight is 669 g/mol. The zero-order valence-corrected chi connectivity index (χ0v) is 25.8. The number of nitrogen functional groups attached to an aromatic ring is 1. The van der Waals surface area contributed by atoms with Gasteiger partial charge in [0.2, 0.25) is 28.0 Å². The zero-order chi connectivity index (χ0) is 32.6. The van der Waals surface area contributed by atoms with E-state index >= 15 is 0 Å². The van der Waals surface area contributed by atoms with Crippen molar-refractivity contribution in [1.82, 2.24) is 15.3 Å². The van der Waals surface area contributed by atoms with Crippen molar-refractivity contribution in [2.45, 2.75) is 49.4 Å². The number of alkyl halides is 3. The fourth-order valence-electron chi connectivity index (χ4n) is 5.85. The molecule has 242 valence electrons. The molecule has 2 saturated heterocycles. The number of rotatable bonds is 8. The number of hydrogen-bond acceptors (Lipinski definition) is 10. The molecule has 0 unspecified atom stereocenters. The number of nitrogens with zero attached hydrogens (tertiary/aromatic N) is 3. The Labute approximate surface area is 263 Å². The maximum Gasteiger partial charge on any atom is 0.429 e. The van der Waals surface area contributed by atoms with Gasteiger partial charge in [0.15, 0.2) is 0 Å². The molecule has 0 amide bonds. The highest BCUT2D eigenvalue weighted by Crippen LogP contribution is 2.43. The van der Waals surface area contributed by atoms with Crippen LogP contribution in [-0.4, -0.2) is 62.8 Å². The highest BCUT2D eigenvalue weighted by Gasteiger charge is 2.46. The molecule has 2 aliphatic rings. The second kappa shape index (κ2) is 12.6. The molecule has 1 aromatic heterocycles. The number of sulfonamides is 1. The second-order valence-corrected chi connectivity index (χ2v) is 13.1. The normalized spacial score (nSPS) is 19.0. The number of ether oxygens (including phenoxy) is 2.